The fraction of sp³-hybridized carbons (Fsp3) is 0.0400. The molecule has 0 atom stereocenters. The molecule has 0 aliphatic carbocycles. The van der Waals surface area contributed by atoms with Crippen molar-refractivity contribution in [3.63, 3.8) is 0 Å². The number of para-hydroxylation sites is 1. The van der Waals surface area contributed by atoms with Crippen molar-refractivity contribution in [2.75, 3.05) is 15.4 Å². The van der Waals surface area contributed by atoms with E-state index < -0.39 is 33.1 Å². The molecule has 4 aromatic rings. The van der Waals surface area contributed by atoms with Gasteiger partial charge in [0.25, 0.3) is 21.5 Å². The van der Waals surface area contributed by atoms with Crippen molar-refractivity contribution in [2.24, 2.45) is 0 Å². The van der Waals surface area contributed by atoms with E-state index in [2.05, 4.69) is 20.3 Å². The summed E-state index contributed by atoms with van der Waals surface area (Å²) in [6.07, 6.45) is -0.246. The number of H-pyrrole nitrogens is 2. The minimum atomic E-state index is -3.80. The van der Waals surface area contributed by atoms with E-state index in [4.69, 9.17) is 0 Å². The van der Waals surface area contributed by atoms with E-state index in [0.717, 1.165) is 6.07 Å². The molecule has 0 aliphatic heterocycles. The molecule has 0 spiro atoms. The highest BCUT2D eigenvalue weighted by molar-refractivity contribution is 7.92. The molecular formula is C25H21N5O6S. The Hall–Kier alpha value is -4.97. The van der Waals surface area contributed by atoms with Crippen LogP contribution in [0.4, 0.5) is 17.1 Å². The largest absolute Gasteiger partial charge is 0.326 e. The van der Waals surface area contributed by atoms with Crippen LogP contribution in [-0.4, -0.2) is 30.2 Å². The first kappa shape index (κ1) is 25.1. The van der Waals surface area contributed by atoms with Crippen molar-refractivity contribution in [1.29, 1.82) is 0 Å². The van der Waals surface area contributed by atoms with Gasteiger partial charge in [-0.15, -0.1) is 0 Å². The molecule has 0 bridgehead atoms. The Bertz CT molecular complexity index is 1630. The van der Waals surface area contributed by atoms with Crippen LogP contribution in [0.5, 0.6) is 0 Å². The summed E-state index contributed by atoms with van der Waals surface area (Å²) in [7, 11) is -3.80. The van der Waals surface area contributed by atoms with Gasteiger partial charge in [0.2, 0.25) is 5.91 Å². The summed E-state index contributed by atoms with van der Waals surface area (Å²) in [5.41, 5.74) is 0.178. The van der Waals surface area contributed by atoms with Crippen LogP contribution in [0, 0.1) is 0 Å². The summed E-state index contributed by atoms with van der Waals surface area (Å²) >= 11 is 0. The van der Waals surface area contributed by atoms with Gasteiger partial charge in [0, 0.05) is 34.4 Å². The number of aromatic amines is 2. The number of carbonyl (C=O) groups is 2. The summed E-state index contributed by atoms with van der Waals surface area (Å²) in [4.78, 5) is 52.1. The smallest absolute Gasteiger partial charge is 0.325 e. The number of benzene rings is 3. The van der Waals surface area contributed by atoms with Crippen molar-refractivity contribution < 1.29 is 18.0 Å². The number of amides is 2. The molecule has 0 aliphatic rings. The van der Waals surface area contributed by atoms with Gasteiger partial charge < -0.3 is 15.6 Å². The summed E-state index contributed by atoms with van der Waals surface area (Å²) in [5.74, 6) is -0.979. The first-order valence-electron chi connectivity index (χ1n) is 10.9. The quantitative estimate of drug-likeness (QED) is 0.239. The van der Waals surface area contributed by atoms with E-state index >= 15 is 0 Å². The molecule has 4 rings (SSSR count). The Kier molecular flexibility index (Phi) is 7.30. The highest BCUT2D eigenvalue weighted by Gasteiger charge is 2.15. The third-order valence-electron chi connectivity index (χ3n) is 5.02. The standard InChI is InChI=1S/C25H21N5O6S/c31-22(14-20-15-23(32)29-25(34)28-20)26-19-8-4-5-16(13-19)24(33)27-17-9-11-21(12-10-17)37(35,36)30-18-6-2-1-3-7-18/h1-13,15,30H,14H2,(H,26,31)(H,27,33)(H2,28,29,32,34). The number of anilines is 3. The normalized spacial score (nSPS) is 10.9. The number of rotatable bonds is 8. The summed E-state index contributed by atoms with van der Waals surface area (Å²) in [6, 6.07) is 21.4. The first-order valence-corrected chi connectivity index (χ1v) is 12.4. The fourth-order valence-electron chi connectivity index (χ4n) is 3.37. The van der Waals surface area contributed by atoms with Crippen LogP contribution in [-0.2, 0) is 21.2 Å². The third-order valence-corrected chi connectivity index (χ3v) is 6.42. The van der Waals surface area contributed by atoms with Crippen LogP contribution in [0.2, 0.25) is 0 Å². The second-order valence-electron chi connectivity index (χ2n) is 7.87. The van der Waals surface area contributed by atoms with E-state index in [0.29, 0.717) is 17.1 Å². The molecule has 2 amide bonds. The van der Waals surface area contributed by atoms with Gasteiger partial charge >= 0.3 is 5.69 Å². The molecule has 188 valence electrons. The number of nitrogens with one attached hydrogen (secondary N) is 5. The zero-order chi connectivity index (χ0) is 26.4. The highest BCUT2D eigenvalue weighted by atomic mass is 32.2. The Balaban J connectivity index is 1.39. The van der Waals surface area contributed by atoms with Gasteiger partial charge in [0.1, 0.15) is 0 Å². The van der Waals surface area contributed by atoms with Crippen LogP contribution in [0.3, 0.4) is 0 Å². The molecule has 0 radical (unpaired) electrons. The van der Waals surface area contributed by atoms with E-state index in [1.165, 1.54) is 30.3 Å². The van der Waals surface area contributed by atoms with Gasteiger partial charge in [-0.05, 0) is 54.6 Å². The van der Waals surface area contributed by atoms with Crippen LogP contribution >= 0.6 is 0 Å². The van der Waals surface area contributed by atoms with Crippen LogP contribution in [0.15, 0.2) is 99.4 Å². The van der Waals surface area contributed by atoms with E-state index in [-0.39, 0.29) is 22.6 Å². The van der Waals surface area contributed by atoms with Crippen LogP contribution in [0.25, 0.3) is 0 Å². The van der Waals surface area contributed by atoms with Crippen LogP contribution in [0.1, 0.15) is 16.1 Å². The maximum absolute atomic E-state index is 12.7. The Labute approximate surface area is 210 Å². The molecule has 1 heterocycles. The second-order valence-corrected chi connectivity index (χ2v) is 9.55. The van der Waals surface area contributed by atoms with E-state index in [1.54, 1.807) is 48.5 Å². The van der Waals surface area contributed by atoms with Crippen LogP contribution < -0.4 is 26.6 Å². The molecule has 12 heteroatoms. The molecule has 0 unspecified atom stereocenters. The number of hydrogen-bond donors (Lipinski definition) is 5. The van der Waals surface area contributed by atoms with E-state index in [9.17, 15) is 27.6 Å². The Morgan fingerprint density at radius 2 is 1.43 bits per heavy atom. The molecular weight excluding hydrogens is 498 g/mol. The van der Waals surface area contributed by atoms with Gasteiger partial charge in [-0.3, -0.25) is 24.1 Å². The number of carbonyl (C=O) groups excluding carboxylic acids is 2. The Morgan fingerprint density at radius 1 is 0.730 bits per heavy atom. The molecule has 5 N–H and O–H groups in total. The predicted octanol–water partition coefficient (Wildman–Crippen LogP) is 2.30. The average molecular weight is 520 g/mol. The highest BCUT2D eigenvalue weighted by Crippen LogP contribution is 2.19. The summed E-state index contributed by atoms with van der Waals surface area (Å²) in [5, 5.41) is 5.28. The first-order chi connectivity index (χ1) is 17.7. The zero-order valence-corrected chi connectivity index (χ0v) is 20.0. The molecule has 1 aromatic heterocycles. The SMILES string of the molecule is O=C(Cc1cc(=O)[nH]c(=O)[nH]1)Nc1cccc(C(=O)Nc2ccc(S(=O)(=O)Nc3ccccc3)cc2)c1. The topological polar surface area (TPSA) is 170 Å². The predicted molar refractivity (Wildman–Crippen MR) is 138 cm³/mol. The molecule has 0 fully saturated rings. The molecule has 0 saturated carbocycles. The maximum atomic E-state index is 12.7. The molecule has 11 nitrogen and oxygen atoms in total. The average Bonchev–Trinajstić information content (AvgIpc) is 2.84. The van der Waals surface area contributed by atoms with Gasteiger partial charge in [-0.2, -0.15) is 0 Å². The number of hydrogen-bond acceptors (Lipinski definition) is 6. The maximum Gasteiger partial charge on any atom is 0.325 e. The minimum absolute atomic E-state index is 0.0285. The van der Waals surface area contributed by atoms with Crippen molar-refractivity contribution in [3.05, 3.63) is 117 Å². The lowest BCUT2D eigenvalue weighted by molar-refractivity contribution is -0.115. The lowest BCUT2D eigenvalue weighted by Gasteiger charge is -2.10. The second kappa shape index (κ2) is 10.7. The van der Waals surface area contributed by atoms with Crippen molar-refractivity contribution in [3.8, 4) is 0 Å². The van der Waals surface area contributed by atoms with Gasteiger partial charge in [0.15, 0.2) is 0 Å². The van der Waals surface area contributed by atoms with E-state index in [1.807, 2.05) is 4.98 Å². The lowest BCUT2D eigenvalue weighted by atomic mass is 10.1. The zero-order valence-electron chi connectivity index (χ0n) is 19.1. The molecule has 37 heavy (non-hydrogen) atoms. The fourth-order valence-corrected chi connectivity index (χ4v) is 4.43. The molecule has 3 aromatic carbocycles. The minimum Gasteiger partial charge on any atom is -0.326 e. The van der Waals surface area contributed by atoms with Crippen molar-refractivity contribution in [2.45, 2.75) is 11.3 Å². The number of aromatic nitrogens is 2. The van der Waals surface area contributed by atoms with Crippen molar-refractivity contribution >= 4 is 38.9 Å². The summed E-state index contributed by atoms with van der Waals surface area (Å²) in [6.45, 7) is 0. The van der Waals surface area contributed by atoms with Crippen molar-refractivity contribution in [1.82, 2.24) is 9.97 Å². The third kappa shape index (κ3) is 6.80. The lowest BCUT2D eigenvalue weighted by Crippen LogP contribution is -2.25. The Morgan fingerprint density at radius 3 is 2.14 bits per heavy atom. The van der Waals surface area contributed by atoms with Gasteiger partial charge in [-0.1, -0.05) is 24.3 Å². The van der Waals surface area contributed by atoms with Gasteiger partial charge in [0.05, 0.1) is 11.3 Å². The number of sulfonamides is 1. The monoisotopic (exact) mass is 519 g/mol. The molecule has 0 saturated heterocycles. The summed E-state index contributed by atoms with van der Waals surface area (Å²) < 4.78 is 27.6. The van der Waals surface area contributed by atoms with Gasteiger partial charge in [-0.25, -0.2) is 13.2 Å².